The van der Waals surface area contributed by atoms with Gasteiger partial charge >= 0.3 is 0 Å². The number of carbonyl (C=O) groups is 2. The highest BCUT2D eigenvalue weighted by atomic mass is 19.1. The number of nitrogens with one attached hydrogen (secondary N) is 2. The van der Waals surface area contributed by atoms with E-state index in [9.17, 15) is 14.0 Å². The van der Waals surface area contributed by atoms with Crippen molar-refractivity contribution in [2.75, 3.05) is 17.7 Å². The van der Waals surface area contributed by atoms with E-state index in [1.807, 2.05) is 0 Å². The average Bonchev–Trinajstić information content (AvgIpc) is 2.69. The molecule has 0 aliphatic rings. The molecule has 0 aliphatic carbocycles. The van der Waals surface area contributed by atoms with Crippen LogP contribution in [0.1, 0.15) is 20.7 Å². The van der Waals surface area contributed by atoms with Crippen LogP contribution in [0.15, 0.2) is 72.8 Å². The molecule has 3 aromatic rings. The van der Waals surface area contributed by atoms with Crippen LogP contribution < -0.4 is 15.4 Å². The fourth-order valence-corrected chi connectivity index (χ4v) is 2.49. The number of amides is 2. The Morgan fingerprint density at radius 1 is 0.852 bits per heavy atom. The van der Waals surface area contributed by atoms with Crippen LogP contribution in [0.3, 0.4) is 0 Å². The van der Waals surface area contributed by atoms with E-state index in [0.29, 0.717) is 28.3 Å². The Kier molecular flexibility index (Phi) is 5.47. The molecule has 5 nitrogen and oxygen atoms in total. The SMILES string of the molecule is COc1cccc(NC(=O)c2ccccc2NC(=O)c2ccc(F)cc2)c1. The Hall–Kier alpha value is -3.67. The Balaban J connectivity index is 1.79. The normalized spacial score (nSPS) is 10.1. The second kappa shape index (κ2) is 8.14. The van der Waals surface area contributed by atoms with Crippen molar-refractivity contribution in [2.45, 2.75) is 0 Å². The number of carbonyl (C=O) groups excluding carboxylic acids is 2. The number of anilines is 2. The van der Waals surface area contributed by atoms with Crippen molar-refractivity contribution in [1.29, 1.82) is 0 Å². The van der Waals surface area contributed by atoms with Crippen LogP contribution in [0.5, 0.6) is 5.75 Å². The van der Waals surface area contributed by atoms with Gasteiger partial charge in [-0.05, 0) is 48.5 Å². The summed E-state index contributed by atoms with van der Waals surface area (Å²) in [5.41, 5.74) is 1.52. The molecule has 0 saturated carbocycles. The molecule has 0 unspecified atom stereocenters. The highest BCUT2D eigenvalue weighted by molar-refractivity contribution is 6.12. The van der Waals surface area contributed by atoms with E-state index >= 15 is 0 Å². The molecule has 0 bridgehead atoms. The number of hydrogen-bond acceptors (Lipinski definition) is 3. The standard InChI is InChI=1S/C21H17FN2O3/c1-27-17-6-4-5-16(13-17)23-21(26)18-7-2-3-8-19(18)24-20(25)14-9-11-15(22)12-10-14/h2-13H,1H3,(H,23,26)(H,24,25). The molecule has 2 N–H and O–H groups in total. The third kappa shape index (κ3) is 4.49. The van der Waals surface area contributed by atoms with Crippen LogP contribution in [0, 0.1) is 5.82 Å². The number of methoxy groups -OCH3 is 1. The molecular formula is C21H17FN2O3. The van der Waals surface area contributed by atoms with Crippen LogP contribution in [0.4, 0.5) is 15.8 Å². The minimum atomic E-state index is -0.434. The molecule has 3 rings (SSSR count). The fourth-order valence-electron chi connectivity index (χ4n) is 2.49. The summed E-state index contributed by atoms with van der Waals surface area (Å²) in [6, 6.07) is 18.8. The first kappa shape index (κ1) is 18.1. The van der Waals surface area contributed by atoms with Crippen LogP contribution in [0.2, 0.25) is 0 Å². The van der Waals surface area contributed by atoms with Gasteiger partial charge in [0.15, 0.2) is 0 Å². The molecule has 136 valence electrons. The molecule has 2 amide bonds. The van der Waals surface area contributed by atoms with E-state index in [1.165, 1.54) is 24.3 Å². The summed E-state index contributed by atoms with van der Waals surface area (Å²) in [6.45, 7) is 0. The Morgan fingerprint density at radius 3 is 2.33 bits per heavy atom. The quantitative estimate of drug-likeness (QED) is 0.708. The second-order valence-electron chi connectivity index (χ2n) is 5.69. The van der Waals surface area contributed by atoms with Crippen molar-refractivity contribution < 1.29 is 18.7 Å². The summed E-state index contributed by atoms with van der Waals surface area (Å²) in [7, 11) is 1.54. The third-order valence-corrected chi connectivity index (χ3v) is 3.85. The van der Waals surface area contributed by atoms with Gasteiger partial charge in [0.05, 0.1) is 18.4 Å². The zero-order valence-electron chi connectivity index (χ0n) is 14.5. The second-order valence-corrected chi connectivity index (χ2v) is 5.69. The summed E-state index contributed by atoms with van der Waals surface area (Å²) < 4.78 is 18.2. The number of benzene rings is 3. The molecule has 0 fully saturated rings. The lowest BCUT2D eigenvalue weighted by Crippen LogP contribution is -2.18. The van der Waals surface area contributed by atoms with Gasteiger partial charge in [0.1, 0.15) is 11.6 Å². The van der Waals surface area contributed by atoms with Gasteiger partial charge in [-0.15, -0.1) is 0 Å². The van der Waals surface area contributed by atoms with Gasteiger partial charge in [-0.2, -0.15) is 0 Å². The molecule has 27 heavy (non-hydrogen) atoms. The van der Waals surface area contributed by atoms with Crippen molar-refractivity contribution in [1.82, 2.24) is 0 Å². The molecule has 0 aliphatic heterocycles. The van der Waals surface area contributed by atoms with Gasteiger partial charge < -0.3 is 15.4 Å². The van der Waals surface area contributed by atoms with Gasteiger partial charge in [0.25, 0.3) is 11.8 Å². The van der Waals surface area contributed by atoms with Gasteiger partial charge in [-0.25, -0.2) is 4.39 Å². The summed E-state index contributed by atoms with van der Waals surface area (Å²) in [5, 5.41) is 5.46. The van der Waals surface area contributed by atoms with Gasteiger partial charge in [-0.1, -0.05) is 18.2 Å². The maximum absolute atomic E-state index is 13.0. The number of halogens is 1. The zero-order valence-corrected chi connectivity index (χ0v) is 14.5. The third-order valence-electron chi connectivity index (χ3n) is 3.85. The average molecular weight is 364 g/mol. The van der Waals surface area contributed by atoms with Gasteiger partial charge in [-0.3, -0.25) is 9.59 Å². The van der Waals surface area contributed by atoms with Gasteiger partial charge in [0, 0.05) is 17.3 Å². The number of para-hydroxylation sites is 1. The first-order valence-electron chi connectivity index (χ1n) is 8.18. The Labute approximate surface area is 155 Å². The topological polar surface area (TPSA) is 67.4 Å². The lowest BCUT2D eigenvalue weighted by molar-refractivity contribution is 0.102. The Morgan fingerprint density at radius 2 is 1.59 bits per heavy atom. The van der Waals surface area contributed by atoms with Crippen molar-refractivity contribution >= 4 is 23.2 Å². The lowest BCUT2D eigenvalue weighted by atomic mass is 10.1. The summed E-state index contributed by atoms with van der Waals surface area (Å²) in [5.74, 6) is -0.620. The molecule has 0 radical (unpaired) electrons. The smallest absolute Gasteiger partial charge is 0.257 e. The fraction of sp³-hybridized carbons (Fsp3) is 0.0476. The molecule has 0 aromatic heterocycles. The minimum Gasteiger partial charge on any atom is -0.497 e. The molecule has 0 atom stereocenters. The monoisotopic (exact) mass is 364 g/mol. The predicted molar refractivity (Wildman–Crippen MR) is 102 cm³/mol. The van der Waals surface area contributed by atoms with E-state index < -0.39 is 11.7 Å². The Bertz CT molecular complexity index is 971. The number of hydrogen-bond donors (Lipinski definition) is 2. The highest BCUT2D eigenvalue weighted by Crippen LogP contribution is 2.21. The molecule has 0 heterocycles. The first-order valence-corrected chi connectivity index (χ1v) is 8.18. The summed E-state index contributed by atoms with van der Waals surface area (Å²) >= 11 is 0. The highest BCUT2D eigenvalue weighted by Gasteiger charge is 2.14. The molecule has 0 saturated heterocycles. The molecule has 3 aromatic carbocycles. The van der Waals surface area contributed by atoms with Crippen molar-refractivity contribution in [2.24, 2.45) is 0 Å². The van der Waals surface area contributed by atoms with Crippen molar-refractivity contribution in [3.63, 3.8) is 0 Å². The van der Waals surface area contributed by atoms with Crippen molar-refractivity contribution in [3.8, 4) is 5.75 Å². The van der Waals surface area contributed by atoms with E-state index in [-0.39, 0.29) is 5.91 Å². The summed E-state index contributed by atoms with van der Waals surface area (Å²) in [4.78, 5) is 25.0. The summed E-state index contributed by atoms with van der Waals surface area (Å²) in [6.07, 6.45) is 0. The minimum absolute atomic E-state index is 0.291. The van der Waals surface area contributed by atoms with E-state index in [2.05, 4.69) is 10.6 Å². The van der Waals surface area contributed by atoms with Crippen LogP contribution in [-0.2, 0) is 0 Å². The molecule has 6 heteroatoms. The van der Waals surface area contributed by atoms with Crippen molar-refractivity contribution in [3.05, 3.63) is 89.7 Å². The van der Waals surface area contributed by atoms with E-state index in [0.717, 1.165) is 0 Å². The maximum Gasteiger partial charge on any atom is 0.257 e. The number of rotatable bonds is 5. The number of ether oxygens (including phenoxy) is 1. The predicted octanol–water partition coefficient (Wildman–Crippen LogP) is 4.34. The largest absolute Gasteiger partial charge is 0.497 e. The first-order chi connectivity index (χ1) is 13.1. The molecule has 0 spiro atoms. The van der Waals surface area contributed by atoms with E-state index in [1.54, 1.807) is 55.6 Å². The molecular weight excluding hydrogens is 347 g/mol. The van der Waals surface area contributed by atoms with Crippen LogP contribution in [-0.4, -0.2) is 18.9 Å². The van der Waals surface area contributed by atoms with Gasteiger partial charge in [0.2, 0.25) is 0 Å². The van der Waals surface area contributed by atoms with E-state index in [4.69, 9.17) is 4.74 Å². The maximum atomic E-state index is 13.0. The lowest BCUT2D eigenvalue weighted by Gasteiger charge is -2.12. The zero-order chi connectivity index (χ0) is 19.2. The van der Waals surface area contributed by atoms with Crippen LogP contribution >= 0.6 is 0 Å². The van der Waals surface area contributed by atoms with Crippen LogP contribution in [0.25, 0.3) is 0 Å².